The third-order valence-electron chi connectivity index (χ3n) is 3.34. The zero-order valence-electron chi connectivity index (χ0n) is 13.5. The Bertz CT molecular complexity index is 713. The fraction of sp³-hybridized carbons (Fsp3) is 0.353. The lowest BCUT2D eigenvalue weighted by Crippen LogP contribution is -2.42. The number of carboxylic acids is 1. The Morgan fingerprint density at radius 1 is 1.29 bits per heavy atom. The molecule has 2 N–H and O–H groups in total. The number of benzene rings is 1. The molecule has 1 aromatic heterocycles. The van der Waals surface area contributed by atoms with Gasteiger partial charge in [-0.05, 0) is 36.6 Å². The highest BCUT2D eigenvalue weighted by Gasteiger charge is 2.21. The first kappa shape index (κ1) is 18.1. The van der Waals surface area contributed by atoms with Crippen LogP contribution in [0.15, 0.2) is 29.6 Å². The van der Waals surface area contributed by atoms with E-state index in [0.29, 0.717) is 17.1 Å². The number of carbonyl (C=O) groups excluding carboxylic acids is 1. The Morgan fingerprint density at radius 3 is 2.54 bits per heavy atom. The summed E-state index contributed by atoms with van der Waals surface area (Å²) in [6, 6.07) is 5.05. The number of aliphatic carboxylic acids is 1. The third kappa shape index (κ3) is 5.13. The first-order valence-corrected chi connectivity index (χ1v) is 8.45. The minimum absolute atomic E-state index is 0.0216. The van der Waals surface area contributed by atoms with E-state index in [0.717, 1.165) is 5.56 Å². The van der Waals surface area contributed by atoms with Gasteiger partial charge in [-0.2, -0.15) is 0 Å². The molecule has 1 aromatic carbocycles. The molecule has 2 aromatic rings. The van der Waals surface area contributed by atoms with Crippen molar-refractivity contribution in [1.82, 2.24) is 10.3 Å². The monoisotopic (exact) mass is 350 g/mol. The highest BCUT2D eigenvalue weighted by Crippen LogP contribution is 2.22. The predicted octanol–water partition coefficient (Wildman–Crippen LogP) is 3.11. The van der Waals surface area contributed by atoms with Crippen LogP contribution < -0.4 is 5.32 Å². The van der Waals surface area contributed by atoms with Gasteiger partial charge in [0.1, 0.15) is 16.9 Å². The molecule has 0 aliphatic heterocycles. The number of halogens is 1. The first-order valence-electron chi connectivity index (χ1n) is 7.57. The standard InChI is InChI=1S/C17H19FN2O3S/c1-10(2)7-13(17(22)23)19-15(21)8-16-20-14(9-24-16)11-3-5-12(18)6-4-11/h3-6,9-10,13H,7-8H2,1-2H3,(H,19,21)(H,22,23)/t13-/m0/s1. The second kappa shape index (κ2) is 8.01. The second-order valence-corrected chi connectivity index (χ2v) is 6.84. The van der Waals surface area contributed by atoms with Gasteiger partial charge in [-0.15, -0.1) is 11.3 Å². The summed E-state index contributed by atoms with van der Waals surface area (Å²) in [6.45, 7) is 3.80. The largest absolute Gasteiger partial charge is 0.480 e. The van der Waals surface area contributed by atoms with Crippen molar-refractivity contribution in [3.05, 3.63) is 40.5 Å². The van der Waals surface area contributed by atoms with E-state index in [1.54, 1.807) is 17.5 Å². The molecule has 1 atom stereocenters. The lowest BCUT2D eigenvalue weighted by atomic mass is 10.0. The van der Waals surface area contributed by atoms with Crippen LogP contribution in [-0.2, 0) is 16.0 Å². The van der Waals surface area contributed by atoms with Crippen LogP contribution in [-0.4, -0.2) is 28.0 Å². The summed E-state index contributed by atoms with van der Waals surface area (Å²) in [5.74, 6) is -1.57. The molecule has 0 saturated heterocycles. The van der Waals surface area contributed by atoms with Gasteiger partial charge in [0, 0.05) is 10.9 Å². The molecule has 0 unspecified atom stereocenters. The number of carboxylic acid groups (broad SMARTS) is 1. The number of hydrogen-bond acceptors (Lipinski definition) is 4. The van der Waals surface area contributed by atoms with E-state index in [9.17, 15) is 14.0 Å². The Hall–Kier alpha value is -2.28. The lowest BCUT2D eigenvalue weighted by molar-refractivity contribution is -0.142. The van der Waals surface area contributed by atoms with E-state index in [4.69, 9.17) is 5.11 Å². The van der Waals surface area contributed by atoms with E-state index in [1.807, 2.05) is 13.8 Å². The maximum atomic E-state index is 12.9. The molecular formula is C17H19FN2O3S. The summed E-state index contributed by atoms with van der Waals surface area (Å²) >= 11 is 1.31. The number of rotatable bonds is 7. The van der Waals surface area contributed by atoms with Gasteiger partial charge in [-0.1, -0.05) is 13.8 Å². The van der Waals surface area contributed by atoms with Gasteiger partial charge in [0.15, 0.2) is 0 Å². The molecule has 0 spiro atoms. The number of carbonyl (C=O) groups is 2. The van der Waals surface area contributed by atoms with Crippen molar-refractivity contribution >= 4 is 23.2 Å². The topological polar surface area (TPSA) is 79.3 Å². The van der Waals surface area contributed by atoms with Crippen LogP contribution >= 0.6 is 11.3 Å². The summed E-state index contributed by atoms with van der Waals surface area (Å²) in [6.07, 6.45) is 0.396. The maximum absolute atomic E-state index is 12.9. The molecular weight excluding hydrogens is 331 g/mol. The highest BCUT2D eigenvalue weighted by atomic mass is 32.1. The molecule has 2 rings (SSSR count). The summed E-state index contributed by atoms with van der Waals surface area (Å²) < 4.78 is 12.9. The third-order valence-corrected chi connectivity index (χ3v) is 4.19. The quantitative estimate of drug-likeness (QED) is 0.804. The summed E-state index contributed by atoms with van der Waals surface area (Å²) in [5.41, 5.74) is 1.43. The smallest absolute Gasteiger partial charge is 0.326 e. The number of nitrogens with one attached hydrogen (secondary N) is 1. The van der Waals surface area contributed by atoms with Crippen molar-refractivity contribution in [2.75, 3.05) is 0 Å². The van der Waals surface area contributed by atoms with Crippen molar-refractivity contribution in [3.8, 4) is 11.3 Å². The van der Waals surface area contributed by atoms with Gasteiger partial charge in [-0.3, -0.25) is 4.79 Å². The van der Waals surface area contributed by atoms with Crippen LogP contribution in [0.4, 0.5) is 4.39 Å². The normalized spacial score (nSPS) is 12.2. The molecule has 24 heavy (non-hydrogen) atoms. The Balaban J connectivity index is 1.99. The van der Waals surface area contributed by atoms with Crippen molar-refractivity contribution in [2.24, 2.45) is 5.92 Å². The predicted molar refractivity (Wildman–Crippen MR) is 90.2 cm³/mol. The van der Waals surface area contributed by atoms with E-state index < -0.39 is 12.0 Å². The number of thiazole rings is 1. The Labute approximate surface area is 143 Å². The molecule has 1 heterocycles. The van der Waals surface area contributed by atoms with Gasteiger partial charge < -0.3 is 10.4 Å². The number of nitrogens with zero attached hydrogens (tertiary/aromatic N) is 1. The van der Waals surface area contributed by atoms with E-state index in [-0.39, 0.29) is 24.1 Å². The van der Waals surface area contributed by atoms with Crippen molar-refractivity contribution in [2.45, 2.75) is 32.7 Å². The molecule has 128 valence electrons. The fourth-order valence-corrected chi connectivity index (χ4v) is 3.02. The average molecular weight is 350 g/mol. The van der Waals surface area contributed by atoms with E-state index in [1.165, 1.54) is 23.5 Å². The van der Waals surface area contributed by atoms with Crippen LogP contribution in [0.25, 0.3) is 11.3 Å². The second-order valence-electron chi connectivity index (χ2n) is 5.90. The molecule has 0 fully saturated rings. The molecule has 0 aliphatic rings. The maximum Gasteiger partial charge on any atom is 0.326 e. The lowest BCUT2D eigenvalue weighted by Gasteiger charge is -2.15. The highest BCUT2D eigenvalue weighted by molar-refractivity contribution is 7.10. The minimum Gasteiger partial charge on any atom is -0.480 e. The summed E-state index contributed by atoms with van der Waals surface area (Å²) in [5, 5.41) is 14.1. The van der Waals surface area contributed by atoms with Gasteiger partial charge >= 0.3 is 5.97 Å². The molecule has 0 aliphatic carbocycles. The molecule has 0 bridgehead atoms. The number of aromatic nitrogens is 1. The zero-order valence-corrected chi connectivity index (χ0v) is 14.3. The van der Waals surface area contributed by atoms with Crippen molar-refractivity contribution in [1.29, 1.82) is 0 Å². The first-order chi connectivity index (χ1) is 11.3. The average Bonchev–Trinajstić information content (AvgIpc) is 2.95. The van der Waals surface area contributed by atoms with Crippen molar-refractivity contribution in [3.63, 3.8) is 0 Å². The van der Waals surface area contributed by atoms with Crippen LogP contribution in [0.3, 0.4) is 0 Å². The number of amides is 1. The molecule has 1 amide bonds. The van der Waals surface area contributed by atoms with Crippen LogP contribution in [0.5, 0.6) is 0 Å². The van der Waals surface area contributed by atoms with E-state index >= 15 is 0 Å². The minimum atomic E-state index is -1.04. The molecule has 0 radical (unpaired) electrons. The van der Waals surface area contributed by atoms with Gasteiger partial charge in [0.25, 0.3) is 0 Å². The number of hydrogen-bond donors (Lipinski definition) is 2. The van der Waals surface area contributed by atoms with Gasteiger partial charge in [0.2, 0.25) is 5.91 Å². The van der Waals surface area contributed by atoms with Crippen LogP contribution in [0, 0.1) is 11.7 Å². The van der Waals surface area contributed by atoms with Crippen LogP contribution in [0.2, 0.25) is 0 Å². The summed E-state index contributed by atoms with van der Waals surface area (Å²) in [4.78, 5) is 27.6. The zero-order chi connectivity index (χ0) is 17.7. The molecule has 0 saturated carbocycles. The van der Waals surface area contributed by atoms with Crippen molar-refractivity contribution < 1.29 is 19.1 Å². The van der Waals surface area contributed by atoms with Gasteiger partial charge in [0.05, 0.1) is 12.1 Å². The molecule has 5 nitrogen and oxygen atoms in total. The SMILES string of the molecule is CC(C)C[C@H](NC(=O)Cc1nc(-c2ccc(F)cc2)cs1)C(=O)O. The molecule has 7 heteroatoms. The van der Waals surface area contributed by atoms with Gasteiger partial charge in [-0.25, -0.2) is 14.2 Å². The fourth-order valence-electron chi connectivity index (χ4n) is 2.22. The summed E-state index contributed by atoms with van der Waals surface area (Å²) in [7, 11) is 0. The Kier molecular flexibility index (Phi) is 6.03. The Morgan fingerprint density at radius 2 is 1.96 bits per heavy atom. The van der Waals surface area contributed by atoms with E-state index in [2.05, 4.69) is 10.3 Å². The van der Waals surface area contributed by atoms with Crippen LogP contribution in [0.1, 0.15) is 25.3 Å².